The molecule has 0 spiro atoms. The molecule has 1 aliphatic rings. The summed E-state index contributed by atoms with van der Waals surface area (Å²) in [6.45, 7) is 0.0866. The molecule has 1 aliphatic heterocycles. The molecule has 1 aromatic rings. The SMILES string of the molecule is O=[N+]([O-])C1=NNNN1Cc1nn[nH]n1. The fourth-order valence-electron chi connectivity index (χ4n) is 0.886. The summed E-state index contributed by atoms with van der Waals surface area (Å²) in [5.41, 5.74) is 4.69. The molecule has 0 aromatic carbocycles. The van der Waals surface area contributed by atoms with E-state index in [4.69, 9.17) is 0 Å². The van der Waals surface area contributed by atoms with Crippen LogP contribution in [0.15, 0.2) is 5.10 Å². The van der Waals surface area contributed by atoms with E-state index in [9.17, 15) is 10.1 Å². The minimum absolute atomic E-state index is 0.0866. The van der Waals surface area contributed by atoms with Gasteiger partial charge in [-0.05, 0) is 4.92 Å². The highest BCUT2D eigenvalue weighted by Gasteiger charge is 2.30. The molecule has 1 aromatic heterocycles. The Hall–Kier alpha value is -2.30. The van der Waals surface area contributed by atoms with Crippen molar-refractivity contribution in [3.8, 4) is 0 Å². The lowest BCUT2D eigenvalue weighted by molar-refractivity contribution is -0.364. The third kappa shape index (κ3) is 1.42. The van der Waals surface area contributed by atoms with Gasteiger partial charge in [0, 0.05) is 5.10 Å². The first-order valence-corrected chi connectivity index (χ1v) is 3.50. The van der Waals surface area contributed by atoms with Gasteiger partial charge in [-0.3, -0.25) is 0 Å². The average molecular weight is 199 g/mol. The number of H-pyrrole nitrogens is 1. The van der Waals surface area contributed by atoms with E-state index < -0.39 is 4.92 Å². The second-order valence-corrected chi connectivity index (χ2v) is 2.31. The van der Waals surface area contributed by atoms with E-state index in [-0.39, 0.29) is 12.5 Å². The highest BCUT2D eigenvalue weighted by Crippen LogP contribution is 1.98. The number of aromatic nitrogens is 4. The Labute approximate surface area is 76.2 Å². The van der Waals surface area contributed by atoms with Gasteiger partial charge in [0.05, 0.1) is 0 Å². The first-order chi connectivity index (χ1) is 6.77. The second-order valence-electron chi connectivity index (χ2n) is 2.31. The van der Waals surface area contributed by atoms with Gasteiger partial charge in [-0.2, -0.15) is 10.2 Å². The molecule has 11 heteroatoms. The van der Waals surface area contributed by atoms with Crippen molar-refractivity contribution in [1.82, 2.24) is 36.7 Å². The van der Waals surface area contributed by atoms with E-state index in [1.807, 2.05) is 0 Å². The maximum Gasteiger partial charge on any atom is 0.470 e. The molecule has 0 saturated heterocycles. The molecule has 0 atom stereocenters. The van der Waals surface area contributed by atoms with Crippen LogP contribution >= 0.6 is 0 Å². The monoisotopic (exact) mass is 199 g/mol. The lowest BCUT2D eigenvalue weighted by atomic mass is 10.6. The summed E-state index contributed by atoms with van der Waals surface area (Å²) in [7, 11) is 0. The van der Waals surface area contributed by atoms with Gasteiger partial charge in [0.25, 0.3) is 0 Å². The number of hydrogen-bond donors (Lipinski definition) is 3. The maximum atomic E-state index is 10.4. The highest BCUT2D eigenvalue weighted by molar-refractivity contribution is 5.71. The van der Waals surface area contributed by atoms with Crippen molar-refractivity contribution in [3.63, 3.8) is 0 Å². The van der Waals surface area contributed by atoms with Crippen LogP contribution in [0.1, 0.15) is 5.82 Å². The smallest absolute Gasteiger partial charge is 0.390 e. The number of nitro groups is 1. The largest absolute Gasteiger partial charge is 0.470 e. The van der Waals surface area contributed by atoms with Crippen LogP contribution in [-0.2, 0) is 6.54 Å². The van der Waals surface area contributed by atoms with Crippen molar-refractivity contribution in [2.75, 3.05) is 0 Å². The fourth-order valence-corrected chi connectivity index (χ4v) is 0.886. The molecule has 0 bridgehead atoms. The molecular weight excluding hydrogens is 194 g/mol. The Bertz CT molecular complexity index is 356. The number of hydrazine groups is 2. The van der Waals surface area contributed by atoms with Crippen LogP contribution < -0.4 is 11.1 Å². The number of tetrazole rings is 1. The maximum absolute atomic E-state index is 10.4. The van der Waals surface area contributed by atoms with Gasteiger partial charge in [-0.1, -0.05) is 10.7 Å². The minimum atomic E-state index is -0.632. The van der Waals surface area contributed by atoms with Crippen LogP contribution in [0.4, 0.5) is 0 Å². The quantitative estimate of drug-likeness (QED) is 0.353. The molecule has 3 N–H and O–H groups in total. The zero-order valence-corrected chi connectivity index (χ0v) is 6.71. The van der Waals surface area contributed by atoms with Crippen molar-refractivity contribution in [2.24, 2.45) is 5.10 Å². The van der Waals surface area contributed by atoms with Crippen molar-refractivity contribution in [2.45, 2.75) is 6.54 Å². The molecular formula is C3H5N9O2. The molecule has 2 heterocycles. The molecule has 14 heavy (non-hydrogen) atoms. The summed E-state index contributed by atoms with van der Waals surface area (Å²) in [4.78, 5) is 9.80. The Morgan fingerprint density at radius 1 is 1.57 bits per heavy atom. The highest BCUT2D eigenvalue weighted by atomic mass is 16.6. The van der Waals surface area contributed by atoms with E-state index in [0.29, 0.717) is 5.82 Å². The molecule has 74 valence electrons. The van der Waals surface area contributed by atoms with Crippen LogP contribution in [-0.4, -0.2) is 36.5 Å². The molecule has 0 fully saturated rings. The van der Waals surface area contributed by atoms with Crippen LogP contribution in [0, 0.1) is 10.1 Å². The molecule has 0 aliphatic carbocycles. The van der Waals surface area contributed by atoms with Gasteiger partial charge in [0.1, 0.15) is 0 Å². The second kappa shape index (κ2) is 3.21. The zero-order valence-electron chi connectivity index (χ0n) is 6.71. The number of hydrogen-bond acceptors (Lipinski definition) is 9. The third-order valence-corrected chi connectivity index (χ3v) is 1.43. The van der Waals surface area contributed by atoms with Crippen molar-refractivity contribution < 1.29 is 4.92 Å². The molecule has 0 saturated carbocycles. The van der Waals surface area contributed by atoms with Crippen molar-refractivity contribution in [3.05, 3.63) is 15.9 Å². The number of nitrogens with one attached hydrogen (secondary N) is 3. The summed E-state index contributed by atoms with van der Waals surface area (Å²) in [5, 5.41) is 27.8. The topological polar surface area (TPSA) is 137 Å². The van der Waals surface area contributed by atoms with Gasteiger partial charge in [0.2, 0.25) is 5.82 Å². The minimum Gasteiger partial charge on any atom is -0.390 e. The number of nitrogens with zero attached hydrogens (tertiary/aromatic N) is 6. The third-order valence-electron chi connectivity index (χ3n) is 1.43. The predicted octanol–water partition coefficient (Wildman–Crippen LogP) is -2.43. The lowest BCUT2D eigenvalue weighted by Gasteiger charge is -2.07. The predicted molar refractivity (Wildman–Crippen MR) is 40.4 cm³/mol. The van der Waals surface area contributed by atoms with E-state index in [2.05, 4.69) is 36.8 Å². The van der Waals surface area contributed by atoms with Gasteiger partial charge in [-0.15, -0.1) is 15.7 Å². The first kappa shape index (κ1) is 8.31. The molecule has 0 unspecified atom stereocenters. The van der Waals surface area contributed by atoms with Crippen molar-refractivity contribution >= 4 is 5.96 Å². The number of aromatic amines is 1. The van der Waals surface area contributed by atoms with E-state index in [0.717, 1.165) is 5.01 Å². The molecule has 2 rings (SSSR count). The Balaban J connectivity index is 2.06. The molecule has 0 radical (unpaired) electrons. The Morgan fingerprint density at radius 2 is 2.43 bits per heavy atom. The van der Waals surface area contributed by atoms with Crippen LogP contribution in [0.25, 0.3) is 0 Å². The Kier molecular flexibility index (Phi) is 1.91. The summed E-state index contributed by atoms with van der Waals surface area (Å²) in [6.07, 6.45) is 0. The summed E-state index contributed by atoms with van der Waals surface area (Å²) in [6, 6.07) is 0. The Morgan fingerprint density at radius 3 is 3.07 bits per heavy atom. The first-order valence-electron chi connectivity index (χ1n) is 3.50. The molecule has 11 nitrogen and oxygen atoms in total. The standard InChI is InChI=1S/C3H5N9O2/c13-12(14)3-6-9-10-11(3)1-2-4-7-8-5-2/h9-10H,1H2,(H,4,5,7,8). The van der Waals surface area contributed by atoms with Gasteiger partial charge < -0.3 is 10.1 Å². The average Bonchev–Trinajstić information content (AvgIpc) is 2.75. The summed E-state index contributed by atoms with van der Waals surface area (Å²) < 4.78 is 0. The van der Waals surface area contributed by atoms with Gasteiger partial charge in [0.15, 0.2) is 6.54 Å². The van der Waals surface area contributed by atoms with Gasteiger partial charge in [-0.25, -0.2) is 0 Å². The van der Waals surface area contributed by atoms with Gasteiger partial charge >= 0.3 is 5.96 Å². The summed E-state index contributed by atoms with van der Waals surface area (Å²) in [5.74, 6) is -0.0365. The van der Waals surface area contributed by atoms with E-state index in [1.54, 1.807) is 0 Å². The van der Waals surface area contributed by atoms with E-state index in [1.165, 1.54) is 0 Å². The number of rotatable bonds is 2. The van der Waals surface area contributed by atoms with Crippen LogP contribution in [0.2, 0.25) is 0 Å². The van der Waals surface area contributed by atoms with Crippen molar-refractivity contribution in [1.29, 1.82) is 0 Å². The van der Waals surface area contributed by atoms with E-state index >= 15 is 0 Å². The number of hydrazone groups is 1. The lowest BCUT2D eigenvalue weighted by Crippen LogP contribution is -2.43. The molecule has 0 amide bonds. The van der Waals surface area contributed by atoms with Crippen LogP contribution in [0.5, 0.6) is 0 Å². The zero-order chi connectivity index (χ0) is 9.97. The summed E-state index contributed by atoms with van der Waals surface area (Å²) >= 11 is 0. The number of guanidine groups is 1. The van der Waals surface area contributed by atoms with Crippen LogP contribution in [0.3, 0.4) is 0 Å². The normalized spacial score (nSPS) is 15.1. The fraction of sp³-hybridized carbons (Fsp3) is 0.333.